The molecule has 17 heavy (non-hydrogen) atoms. The molecule has 0 amide bonds. The third kappa shape index (κ3) is 2.60. The smallest absolute Gasteiger partial charge is 0.130 e. The summed E-state index contributed by atoms with van der Waals surface area (Å²) in [5.41, 5.74) is 2.25. The van der Waals surface area contributed by atoms with Crippen molar-refractivity contribution in [3.8, 4) is 11.5 Å². The minimum atomic E-state index is 0.196. The number of aryl methyl sites for hydroxylation is 1. The lowest BCUT2D eigenvalue weighted by atomic mass is 10.0. The molecule has 0 aliphatic carbocycles. The van der Waals surface area contributed by atoms with Crippen LogP contribution < -0.4 is 9.47 Å². The first kappa shape index (κ1) is 12.0. The van der Waals surface area contributed by atoms with E-state index in [4.69, 9.17) is 9.47 Å². The van der Waals surface area contributed by atoms with Crippen molar-refractivity contribution in [3.63, 3.8) is 0 Å². The Bertz CT molecular complexity index is 437. The number of hydrogen-bond donors (Lipinski definition) is 0. The van der Waals surface area contributed by atoms with Crippen LogP contribution in [0.15, 0.2) is 12.1 Å². The van der Waals surface area contributed by atoms with Crippen LogP contribution in [0.3, 0.4) is 0 Å². The molecule has 0 bridgehead atoms. The van der Waals surface area contributed by atoms with Crippen molar-refractivity contribution in [2.75, 3.05) is 7.11 Å². The van der Waals surface area contributed by atoms with Crippen molar-refractivity contribution in [1.29, 1.82) is 0 Å². The van der Waals surface area contributed by atoms with E-state index in [9.17, 15) is 4.79 Å². The minimum Gasteiger partial charge on any atom is -0.496 e. The summed E-state index contributed by atoms with van der Waals surface area (Å²) in [6.07, 6.45) is 2.42. The fraction of sp³-hybridized carbons (Fsp3) is 0.500. The van der Waals surface area contributed by atoms with E-state index in [1.165, 1.54) is 5.56 Å². The van der Waals surface area contributed by atoms with Crippen molar-refractivity contribution in [2.45, 2.75) is 39.2 Å². The van der Waals surface area contributed by atoms with Crippen molar-refractivity contribution in [1.82, 2.24) is 0 Å². The first-order valence-corrected chi connectivity index (χ1v) is 5.96. The average Bonchev–Trinajstić information content (AvgIpc) is 2.63. The molecule has 1 unspecified atom stereocenters. The second-order valence-electron chi connectivity index (χ2n) is 4.61. The Balaban J connectivity index is 2.26. The van der Waals surface area contributed by atoms with Crippen LogP contribution in [0.2, 0.25) is 0 Å². The summed E-state index contributed by atoms with van der Waals surface area (Å²) in [6.45, 7) is 3.67. The van der Waals surface area contributed by atoms with Gasteiger partial charge in [0.05, 0.1) is 7.11 Å². The Hall–Kier alpha value is -1.51. The van der Waals surface area contributed by atoms with E-state index in [0.29, 0.717) is 12.8 Å². The molecular formula is C14H18O3. The SMILES string of the molecule is COc1cc2c(cc1CCC(C)=O)OC(C)C2. The largest absolute Gasteiger partial charge is 0.496 e. The Morgan fingerprint density at radius 3 is 2.94 bits per heavy atom. The van der Waals surface area contributed by atoms with Crippen LogP contribution in [-0.4, -0.2) is 19.0 Å². The molecule has 1 aliphatic heterocycles. The van der Waals surface area contributed by atoms with E-state index in [2.05, 4.69) is 6.92 Å². The van der Waals surface area contributed by atoms with Crippen LogP contribution in [-0.2, 0) is 17.6 Å². The Kier molecular flexibility index (Phi) is 3.36. The van der Waals surface area contributed by atoms with Gasteiger partial charge in [0.25, 0.3) is 0 Å². The van der Waals surface area contributed by atoms with Crippen molar-refractivity contribution >= 4 is 5.78 Å². The van der Waals surface area contributed by atoms with Crippen LogP contribution >= 0.6 is 0 Å². The number of carbonyl (C=O) groups excluding carboxylic acids is 1. The number of rotatable bonds is 4. The lowest BCUT2D eigenvalue weighted by Gasteiger charge is -2.10. The van der Waals surface area contributed by atoms with Crippen molar-refractivity contribution in [3.05, 3.63) is 23.3 Å². The fourth-order valence-corrected chi connectivity index (χ4v) is 2.18. The standard InChI is InChI=1S/C14H18O3/c1-9(15)4-5-11-7-14-12(6-10(2)17-14)8-13(11)16-3/h7-8,10H,4-6H2,1-3H3. The lowest BCUT2D eigenvalue weighted by Crippen LogP contribution is -2.05. The monoisotopic (exact) mass is 234 g/mol. The number of ketones is 1. The molecule has 0 fully saturated rings. The summed E-state index contributed by atoms with van der Waals surface area (Å²) in [4.78, 5) is 11.0. The molecule has 0 radical (unpaired) electrons. The number of fused-ring (bicyclic) bond motifs is 1. The molecule has 92 valence electrons. The van der Waals surface area contributed by atoms with E-state index in [-0.39, 0.29) is 11.9 Å². The van der Waals surface area contributed by atoms with Gasteiger partial charge < -0.3 is 14.3 Å². The van der Waals surface area contributed by atoms with Crippen LogP contribution in [0.1, 0.15) is 31.4 Å². The summed E-state index contributed by atoms with van der Waals surface area (Å²) >= 11 is 0. The highest BCUT2D eigenvalue weighted by molar-refractivity contribution is 5.75. The number of carbonyl (C=O) groups is 1. The van der Waals surface area contributed by atoms with Gasteiger partial charge in [-0.15, -0.1) is 0 Å². The Morgan fingerprint density at radius 2 is 2.29 bits per heavy atom. The number of hydrogen-bond acceptors (Lipinski definition) is 3. The molecule has 0 spiro atoms. The molecule has 1 aliphatic rings. The molecule has 0 saturated heterocycles. The topological polar surface area (TPSA) is 35.5 Å². The van der Waals surface area contributed by atoms with Gasteiger partial charge >= 0.3 is 0 Å². The molecule has 0 saturated carbocycles. The maximum atomic E-state index is 11.0. The number of Topliss-reactive ketones (excluding diaryl/α,β-unsaturated/α-hetero) is 1. The highest BCUT2D eigenvalue weighted by Gasteiger charge is 2.21. The summed E-state index contributed by atoms with van der Waals surface area (Å²) in [7, 11) is 1.66. The van der Waals surface area contributed by atoms with E-state index < -0.39 is 0 Å². The van der Waals surface area contributed by atoms with Gasteiger partial charge in [0.1, 0.15) is 23.4 Å². The van der Waals surface area contributed by atoms with Gasteiger partial charge in [0.2, 0.25) is 0 Å². The van der Waals surface area contributed by atoms with Gasteiger partial charge in [0, 0.05) is 18.4 Å². The molecule has 1 aromatic carbocycles. The zero-order valence-electron chi connectivity index (χ0n) is 10.6. The van der Waals surface area contributed by atoms with Crippen LogP contribution in [0.5, 0.6) is 11.5 Å². The van der Waals surface area contributed by atoms with E-state index in [0.717, 1.165) is 23.5 Å². The molecule has 1 heterocycles. The van der Waals surface area contributed by atoms with Gasteiger partial charge in [-0.3, -0.25) is 0 Å². The molecule has 1 aromatic rings. The lowest BCUT2D eigenvalue weighted by molar-refractivity contribution is -0.116. The fourth-order valence-electron chi connectivity index (χ4n) is 2.18. The molecule has 3 heteroatoms. The van der Waals surface area contributed by atoms with E-state index >= 15 is 0 Å². The average molecular weight is 234 g/mol. The highest BCUT2D eigenvalue weighted by atomic mass is 16.5. The maximum Gasteiger partial charge on any atom is 0.130 e. The predicted octanol–water partition coefficient (Wildman–Crippen LogP) is 2.54. The third-order valence-corrected chi connectivity index (χ3v) is 3.05. The minimum absolute atomic E-state index is 0.196. The Morgan fingerprint density at radius 1 is 1.53 bits per heavy atom. The molecule has 1 atom stereocenters. The summed E-state index contributed by atoms with van der Waals surface area (Å²) in [5, 5.41) is 0. The van der Waals surface area contributed by atoms with Gasteiger partial charge in [-0.05, 0) is 38.0 Å². The first-order chi connectivity index (χ1) is 8.10. The Labute approximate surface area is 102 Å². The second kappa shape index (κ2) is 4.78. The van der Waals surface area contributed by atoms with Crippen molar-refractivity contribution in [2.24, 2.45) is 0 Å². The zero-order valence-corrected chi connectivity index (χ0v) is 10.6. The number of methoxy groups -OCH3 is 1. The molecule has 2 rings (SSSR count). The first-order valence-electron chi connectivity index (χ1n) is 5.96. The highest BCUT2D eigenvalue weighted by Crippen LogP contribution is 2.35. The number of benzene rings is 1. The van der Waals surface area contributed by atoms with Crippen LogP contribution in [0, 0.1) is 0 Å². The number of ether oxygens (including phenoxy) is 2. The molecule has 0 N–H and O–H groups in total. The molecule has 0 aromatic heterocycles. The normalized spacial score (nSPS) is 17.5. The third-order valence-electron chi connectivity index (χ3n) is 3.05. The van der Waals surface area contributed by atoms with Gasteiger partial charge in [-0.1, -0.05) is 0 Å². The van der Waals surface area contributed by atoms with E-state index in [1.807, 2.05) is 12.1 Å². The van der Waals surface area contributed by atoms with E-state index in [1.54, 1.807) is 14.0 Å². The maximum absolute atomic E-state index is 11.0. The second-order valence-corrected chi connectivity index (χ2v) is 4.61. The summed E-state index contributed by atoms with van der Waals surface area (Å²) < 4.78 is 11.1. The summed E-state index contributed by atoms with van der Waals surface area (Å²) in [6, 6.07) is 4.05. The predicted molar refractivity (Wildman–Crippen MR) is 65.8 cm³/mol. The van der Waals surface area contributed by atoms with Crippen LogP contribution in [0.4, 0.5) is 0 Å². The molecule has 3 nitrogen and oxygen atoms in total. The molecular weight excluding hydrogens is 216 g/mol. The van der Waals surface area contributed by atoms with Crippen molar-refractivity contribution < 1.29 is 14.3 Å². The van der Waals surface area contributed by atoms with Gasteiger partial charge in [0.15, 0.2) is 0 Å². The van der Waals surface area contributed by atoms with Crippen LogP contribution in [0.25, 0.3) is 0 Å². The zero-order chi connectivity index (χ0) is 12.4. The summed E-state index contributed by atoms with van der Waals surface area (Å²) in [5.74, 6) is 2.00. The quantitative estimate of drug-likeness (QED) is 0.803. The van der Waals surface area contributed by atoms with Gasteiger partial charge in [-0.25, -0.2) is 0 Å². The van der Waals surface area contributed by atoms with Gasteiger partial charge in [-0.2, -0.15) is 0 Å².